The van der Waals surface area contributed by atoms with Crippen LogP contribution in [0.25, 0.3) is 0 Å². The quantitative estimate of drug-likeness (QED) is 0.882. The van der Waals surface area contributed by atoms with Gasteiger partial charge in [-0.25, -0.2) is 0 Å². The molecule has 2 rings (SSSR count). The molecule has 1 heterocycles. The number of anilines is 1. The van der Waals surface area contributed by atoms with Crippen LogP contribution in [0.4, 0.5) is 5.69 Å². The monoisotopic (exact) mass is 293 g/mol. The molecule has 0 fully saturated rings. The molecule has 5 heteroatoms. The number of halogens is 1. The average Bonchev–Trinajstić information content (AvgIpc) is 2.91. The van der Waals surface area contributed by atoms with Gasteiger partial charge in [0.1, 0.15) is 0 Å². The van der Waals surface area contributed by atoms with E-state index >= 15 is 0 Å². The predicted molar refractivity (Wildman–Crippen MR) is 82.0 cm³/mol. The minimum absolute atomic E-state index is 0.00547. The molecular formula is C15H20ClN3O. The maximum atomic E-state index is 9.18. The first kappa shape index (κ1) is 14.9. The molecule has 0 bridgehead atoms. The van der Waals surface area contributed by atoms with Gasteiger partial charge < -0.3 is 10.4 Å². The van der Waals surface area contributed by atoms with Crippen LogP contribution in [0.1, 0.15) is 44.0 Å². The van der Waals surface area contributed by atoms with Crippen LogP contribution < -0.4 is 5.32 Å². The van der Waals surface area contributed by atoms with Crippen molar-refractivity contribution < 1.29 is 5.11 Å². The first-order valence-corrected chi connectivity index (χ1v) is 7.09. The van der Waals surface area contributed by atoms with Gasteiger partial charge in [0.05, 0.1) is 29.6 Å². The highest BCUT2D eigenvalue weighted by molar-refractivity contribution is 6.33. The van der Waals surface area contributed by atoms with E-state index < -0.39 is 0 Å². The SMILES string of the molecule is CC(Nc1cc(CO)ccc1Cl)c1cnn(C(C)C)c1. The predicted octanol–water partition coefficient (Wildman–Crippen LogP) is 3.78. The third kappa shape index (κ3) is 3.32. The molecule has 2 N–H and O–H groups in total. The van der Waals surface area contributed by atoms with Gasteiger partial charge in [0.2, 0.25) is 0 Å². The molecule has 0 saturated carbocycles. The van der Waals surface area contributed by atoms with Crippen molar-refractivity contribution in [2.24, 2.45) is 0 Å². The summed E-state index contributed by atoms with van der Waals surface area (Å²) in [5.41, 5.74) is 2.76. The number of hydrogen-bond donors (Lipinski definition) is 2. The average molecular weight is 294 g/mol. The van der Waals surface area contributed by atoms with Crippen molar-refractivity contribution in [3.63, 3.8) is 0 Å². The summed E-state index contributed by atoms with van der Waals surface area (Å²) in [7, 11) is 0. The van der Waals surface area contributed by atoms with Gasteiger partial charge in [0.15, 0.2) is 0 Å². The summed E-state index contributed by atoms with van der Waals surface area (Å²) in [6, 6.07) is 5.91. The standard InChI is InChI=1S/C15H20ClN3O/c1-10(2)19-8-13(7-17-19)11(3)18-15-6-12(9-20)4-5-14(15)16/h4-8,10-11,18,20H,9H2,1-3H3. The Hall–Kier alpha value is -1.52. The summed E-state index contributed by atoms with van der Waals surface area (Å²) in [5, 5.41) is 17.5. The lowest BCUT2D eigenvalue weighted by molar-refractivity contribution is 0.282. The Morgan fingerprint density at radius 3 is 2.70 bits per heavy atom. The Balaban J connectivity index is 2.16. The number of benzene rings is 1. The van der Waals surface area contributed by atoms with Crippen molar-refractivity contribution in [3.8, 4) is 0 Å². The molecule has 1 aromatic heterocycles. The lowest BCUT2D eigenvalue weighted by Crippen LogP contribution is -2.07. The van der Waals surface area contributed by atoms with E-state index in [0.29, 0.717) is 11.1 Å². The Morgan fingerprint density at radius 2 is 2.10 bits per heavy atom. The summed E-state index contributed by atoms with van der Waals surface area (Å²) in [4.78, 5) is 0. The molecule has 1 atom stereocenters. The van der Waals surface area contributed by atoms with Crippen LogP contribution >= 0.6 is 11.6 Å². The van der Waals surface area contributed by atoms with Gasteiger partial charge in [-0.2, -0.15) is 5.10 Å². The summed E-state index contributed by atoms with van der Waals surface area (Å²) in [6.07, 6.45) is 3.90. The van der Waals surface area contributed by atoms with Crippen LogP contribution in [0.5, 0.6) is 0 Å². The van der Waals surface area contributed by atoms with Gasteiger partial charge >= 0.3 is 0 Å². The second-order valence-corrected chi connectivity index (χ2v) is 5.59. The van der Waals surface area contributed by atoms with E-state index in [-0.39, 0.29) is 12.6 Å². The Morgan fingerprint density at radius 1 is 1.35 bits per heavy atom. The van der Waals surface area contributed by atoms with E-state index in [2.05, 4.69) is 31.2 Å². The third-order valence-electron chi connectivity index (χ3n) is 3.24. The lowest BCUT2D eigenvalue weighted by atomic mass is 10.1. The molecule has 0 aliphatic heterocycles. The van der Waals surface area contributed by atoms with Crippen LogP contribution in [0.15, 0.2) is 30.6 Å². The fourth-order valence-corrected chi connectivity index (χ4v) is 2.13. The Bertz CT molecular complexity index is 580. The van der Waals surface area contributed by atoms with E-state index in [1.54, 1.807) is 6.07 Å². The summed E-state index contributed by atoms with van der Waals surface area (Å²) in [6.45, 7) is 6.25. The summed E-state index contributed by atoms with van der Waals surface area (Å²) < 4.78 is 1.93. The lowest BCUT2D eigenvalue weighted by Gasteiger charge is -2.16. The van der Waals surface area contributed by atoms with E-state index in [0.717, 1.165) is 16.8 Å². The second-order valence-electron chi connectivity index (χ2n) is 5.19. The van der Waals surface area contributed by atoms with E-state index in [1.165, 1.54) is 0 Å². The smallest absolute Gasteiger partial charge is 0.0682 e. The second kappa shape index (κ2) is 6.29. The molecule has 0 aliphatic rings. The first-order valence-electron chi connectivity index (χ1n) is 6.71. The molecule has 108 valence electrons. The van der Waals surface area contributed by atoms with Gasteiger partial charge in [-0.3, -0.25) is 4.68 Å². The van der Waals surface area contributed by atoms with Crippen molar-refractivity contribution >= 4 is 17.3 Å². The number of aliphatic hydroxyl groups excluding tert-OH is 1. The fraction of sp³-hybridized carbons (Fsp3) is 0.400. The van der Waals surface area contributed by atoms with Crippen molar-refractivity contribution in [3.05, 3.63) is 46.7 Å². The molecule has 1 unspecified atom stereocenters. The zero-order chi connectivity index (χ0) is 14.7. The molecule has 0 amide bonds. The highest BCUT2D eigenvalue weighted by Gasteiger charge is 2.11. The zero-order valence-electron chi connectivity index (χ0n) is 12.0. The van der Waals surface area contributed by atoms with Gasteiger partial charge in [-0.05, 0) is 38.5 Å². The topological polar surface area (TPSA) is 50.1 Å². The molecular weight excluding hydrogens is 274 g/mol. The Labute approximate surface area is 124 Å². The molecule has 0 radical (unpaired) electrons. The van der Waals surface area contributed by atoms with Gasteiger partial charge in [0, 0.05) is 17.8 Å². The maximum Gasteiger partial charge on any atom is 0.0682 e. The minimum atomic E-state index is 0.00547. The summed E-state index contributed by atoms with van der Waals surface area (Å²) in [5.74, 6) is 0. The Kier molecular flexibility index (Phi) is 4.68. The van der Waals surface area contributed by atoms with E-state index in [1.807, 2.05) is 29.2 Å². The van der Waals surface area contributed by atoms with Crippen LogP contribution in [0.3, 0.4) is 0 Å². The molecule has 20 heavy (non-hydrogen) atoms. The van der Waals surface area contributed by atoms with Crippen molar-refractivity contribution in [2.75, 3.05) is 5.32 Å². The molecule has 0 spiro atoms. The number of nitrogens with one attached hydrogen (secondary N) is 1. The van der Waals surface area contributed by atoms with Gasteiger partial charge in [-0.15, -0.1) is 0 Å². The highest BCUT2D eigenvalue weighted by atomic mass is 35.5. The number of nitrogens with zero attached hydrogens (tertiary/aromatic N) is 2. The van der Waals surface area contributed by atoms with Crippen molar-refractivity contribution in [1.82, 2.24) is 9.78 Å². The number of rotatable bonds is 5. The van der Waals surface area contributed by atoms with Crippen molar-refractivity contribution in [2.45, 2.75) is 39.5 Å². The van der Waals surface area contributed by atoms with Crippen LogP contribution in [0, 0.1) is 0 Å². The molecule has 2 aromatic rings. The fourth-order valence-electron chi connectivity index (χ4n) is 1.96. The van der Waals surface area contributed by atoms with Crippen LogP contribution in [-0.2, 0) is 6.61 Å². The largest absolute Gasteiger partial charge is 0.392 e. The van der Waals surface area contributed by atoms with Crippen LogP contribution in [-0.4, -0.2) is 14.9 Å². The van der Waals surface area contributed by atoms with Crippen LogP contribution in [0.2, 0.25) is 5.02 Å². The first-order chi connectivity index (χ1) is 9.51. The van der Waals surface area contributed by atoms with Gasteiger partial charge in [0.25, 0.3) is 0 Å². The summed E-state index contributed by atoms with van der Waals surface area (Å²) >= 11 is 6.18. The maximum absolute atomic E-state index is 9.18. The molecule has 0 aliphatic carbocycles. The number of aromatic nitrogens is 2. The third-order valence-corrected chi connectivity index (χ3v) is 3.57. The van der Waals surface area contributed by atoms with Crippen molar-refractivity contribution in [1.29, 1.82) is 0 Å². The van der Waals surface area contributed by atoms with Gasteiger partial charge in [-0.1, -0.05) is 17.7 Å². The number of aliphatic hydroxyl groups is 1. The molecule has 4 nitrogen and oxygen atoms in total. The van der Waals surface area contributed by atoms with E-state index in [9.17, 15) is 5.11 Å². The molecule has 0 saturated heterocycles. The highest BCUT2D eigenvalue weighted by Crippen LogP contribution is 2.27. The minimum Gasteiger partial charge on any atom is -0.392 e. The number of hydrogen-bond acceptors (Lipinski definition) is 3. The molecule has 1 aromatic carbocycles. The zero-order valence-corrected chi connectivity index (χ0v) is 12.7. The van der Waals surface area contributed by atoms with E-state index in [4.69, 9.17) is 11.6 Å². The normalized spacial score (nSPS) is 12.7.